The summed E-state index contributed by atoms with van der Waals surface area (Å²) in [5, 5.41) is 4.73. The van der Waals surface area contributed by atoms with Crippen LogP contribution in [0.3, 0.4) is 0 Å². The van der Waals surface area contributed by atoms with Crippen molar-refractivity contribution in [2.45, 2.75) is 66.6 Å². The van der Waals surface area contributed by atoms with Crippen molar-refractivity contribution < 1.29 is 0 Å². The van der Waals surface area contributed by atoms with Crippen LogP contribution in [0.4, 0.5) is 0 Å². The summed E-state index contributed by atoms with van der Waals surface area (Å²) in [6.07, 6.45) is 0.825. The molecule has 0 saturated carbocycles. The van der Waals surface area contributed by atoms with Crippen LogP contribution < -0.4 is 5.56 Å². The molecule has 0 radical (unpaired) electrons. The third kappa shape index (κ3) is 3.02. The molecule has 0 spiro atoms. The lowest BCUT2D eigenvalue weighted by atomic mass is 10.0. The van der Waals surface area contributed by atoms with E-state index in [9.17, 15) is 4.79 Å². The van der Waals surface area contributed by atoms with E-state index in [2.05, 4.69) is 54.2 Å². The smallest absolute Gasteiger partial charge is 0.255 e. The minimum absolute atomic E-state index is 0.000954. The highest BCUT2D eigenvalue weighted by molar-refractivity contribution is 5.27. The van der Waals surface area contributed by atoms with Crippen LogP contribution in [0.5, 0.6) is 0 Å². The molecule has 0 fully saturated rings. The number of aromatic amines is 1. The van der Waals surface area contributed by atoms with Crippen molar-refractivity contribution in [1.82, 2.24) is 24.6 Å². The van der Waals surface area contributed by atoms with Gasteiger partial charge in [-0.15, -0.1) is 0 Å². The standard InChI is InChI=1S/C18H27N5O/c1-11-14(12(2)23(21-11)18(4,5)6)9-22-8-7-16-15(10-22)17(24)20-13(3)19-16/h7-10H2,1-6H3,(H,19,20,24). The molecule has 0 aliphatic carbocycles. The number of hydrogen-bond acceptors (Lipinski definition) is 4. The molecule has 24 heavy (non-hydrogen) atoms. The second-order valence-electron chi connectivity index (χ2n) is 7.77. The first-order chi connectivity index (χ1) is 11.2. The summed E-state index contributed by atoms with van der Waals surface area (Å²) in [6, 6.07) is 0. The predicted molar refractivity (Wildman–Crippen MR) is 94.1 cm³/mol. The Morgan fingerprint density at radius 1 is 1.21 bits per heavy atom. The van der Waals surface area contributed by atoms with Gasteiger partial charge in [0.1, 0.15) is 5.82 Å². The predicted octanol–water partition coefficient (Wildman–Crippen LogP) is 2.20. The maximum Gasteiger partial charge on any atom is 0.255 e. The Balaban J connectivity index is 1.86. The minimum Gasteiger partial charge on any atom is -0.310 e. The first-order valence-electron chi connectivity index (χ1n) is 8.53. The molecule has 3 heterocycles. The van der Waals surface area contributed by atoms with Gasteiger partial charge in [0.05, 0.1) is 22.5 Å². The number of H-pyrrole nitrogens is 1. The molecule has 1 aliphatic rings. The Morgan fingerprint density at radius 3 is 2.54 bits per heavy atom. The van der Waals surface area contributed by atoms with E-state index in [1.165, 1.54) is 11.3 Å². The fourth-order valence-corrected chi connectivity index (χ4v) is 3.52. The van der Waals surface area contributed by atoms with Gasteiger partial charge >= 0.3 is 0 Å². The van der Waals surface area contributed by atoms with Gasteiger partial charge in [-0.05, 0) is 41.5 Å². The third-order valence-electron chi connectivity index (χ3n) is 4.72. The molecule has 6 heteroatoms. The van der Waals surface area contributed by atoms with E-state index in [4.69, 9.17) is 5.10 Å². The highest BCUT2D eigenvalue weighted by Gasteiger charge is 2.25. The molecule has 130 valence electrons. The zero-order valence-electron chi connectivity index (χ0n) is 15.5. The highest BCUT2D eigenvalue weighted by Crippen LogP contribution is 2.24. The third-order valence-corrected chi connectivity index (χ3v) is 4.72. The normalized spacial score (nSPS) is 15.6. The second kappa shape index (κ2) is 5.84. The van der Waals surface area contributed by atoms with Crippen molar-refractivity contribution >= 4 is 0 Å². The molecule has 0 atom stereocenters. The molecule has 3 rings (SSSR count). The molecule has 1 aliphatic heterocycles. The molecule has 0 bridgehead atoms. The van der Waals surface area contributed by atoms with E-state index in [0.29, 0.717) is 12.4 Å². The Bertz CT molecular complexity index is 825. The van der Waals surface area contributed by atoms with Crippen molar-refractivity contribution in [3.8, 4) is 0 Å². The Kier molecular flexibility index (Phi) is 4.11. The molecule has 0 unspecified atom stereocenters. The van der Waals surface area contributed by atoms with Crippen molar-refractivity contribution in [3.05, 3.63) is 44.4 Å². The number of nitrogens with zero attached hydrogens (tertiary/aromatic N) is 4. The summed E-state index contributed by atoms with van der Waals surface area (Å²) in [7, 11) is 0. The summed E-state index contributed by atoms with van der Waals surface area (Å²) in [4.78, 5) is 21.8. The summed E-state index contributed by atoms with van der Waals surface area (Å²) < 4.78 is 2.10. The summed E-state index contributed by atoms with van der Waals surface area (Å²) in [5.74, 6) is 0.699. The van der Waals surface area contributed by atoms with Crippen LogP contribution in [-0.2, 0) is 25.0 Å². The maximum absolute atomic E-state index is 12.2. The van der Waals surface area contributed by atoms with Crippen LogP contribution in [0.25, 0.3) is 0 Å². The van der Waals surface area contributed by atoms with E-state index < -0.39 is 0 Å². The van der Waals surface area contributed by atoms with Crippen LogP contribution in [-0.4, -0.2) is 31.2 Å². The van der Waals surface area contributed by atoms with E-state index in [1.807, 2.05) is 6.92 Å². The Labute approximate surface area is 142 Å². The monoisotopic (exact) mass is 329 g/mol. The van der Waals surface area contributed by atoms with Gasteiger partial charge in [-0.1, -0.05) is 0 Å². The molecule has 1 N–H and O–H groups in total. The number of hydrogen-bond donors (Lipinski definition) is 1. The molecule has 6 nitrogen and oxygen atoms in total. The lowest BCUT2D eigenvalue weighted by Gasteiger charge is -2.28. The van der Waals surface area contributed by atoms with Gasteiger partial charge in [0.2, 0.25) is 0 Å². The SMILES string of the molecule is Cc1nc2c(c(=O)[nH]1)CN(Cc1c(C)nn(C(C)(C)C)c1C)CC2. The molecule has 0 aromatic carbocycles. The van der Waals surface area contributed by atoms with E-state index in [-0.39, 0.29) is 11.1 Å². The van der Waals surface area contributed by atoms with Crippen LogP contribution in [0, 0.1) is 20.8 Å². The van der Waals surface area contributed by atoms with Crippen LogP contribution in [0.2, 0.25) is 0 Å². The first-order valence-corrected chi connectivity index (χ1v) is 8.53. The van der Waals surface area contributed by atoms with Crippen molar-refractivity contribution in [2.75, 3.05) is 6.54 Å². The zero-order valence-corrected chi connectivity index (χ0v) is 15.5. The number of nitrogens with one attached hydrogen (secondary N) is 1. The Morgan fingerprint density at radius 2 is 1.92 bits per heavy atom. The van der Waals surface area contributed by atoms with Crippen molar-refractivity contribution in [3.63, 3.8) is 0 Å². The van der Waals surface area contributed by atoms with Crippen LogP contribution in [0.1, 0.15) is 54.8 Å². The number of aromatic nitrogens is 4. The van der Waals surface area contributed by atoms with E-state index in [0.717, 1.165) is 36.5 Å². The van der Waals surface area contributed by atoms with Crippen molar-refractivity contribution in [1.29, 1.82) is 0 Å². The summed E-state index contributed by atoms with van der Waals surface area (Å²) in [6.45, 7) is 14.9. The fraction of sp³-hybridized carbons (Fsp3) is 0.611. The van der Waals surface area contributed by atoms with Gasteiger partial charge in [0.25, 0.3) is 5.56 Å². The van der Waals surface area contributed by atoms with E-state index >= 15 is 0 Å². The molecule has 2 aromatic rings. The molecular formula is C18H27N5O. The lowest BCUT2D eigenvalue weighted by Crippen LogP contribution is -2.35. The number of rotatable bonds is 2. The average Bonchev–Trinajstić information content (AvgIpc) is 2.76. The Hall–Kier alpha value is -1.95. The second-order valence-corrected chi connectivity index (χ2v) is 7.77. The molecule has 0 amide bonds. The highest BCUT2D eigenvalue weighted by atomic mass is 16.1. The minimum atomic E-state index is -0.0276. The maximum atomic E-state index is 12.2. The average molecular weight is 329 g/mol. The lowest BCUT2D eigenvalue weighted by molar-refractivity contribution is 0.240. The molecule has 2 aromatic heterocycles. The number of aryl methyl sites for hydroxylation is 2. The van der Waals surface area contributed by atoms with Gasteiger partial charge in [-0.3, -0.25) is 14.4 Å². The topological polar surface area (TPSA) is 66.8 Å². The first kappa shape index (κ1) is 16.9. The van der Waals surface area contributed by atoms with E-state index in [1.54, 1.807) is 0 Å². The largest absolute Gasteiger partial charge is 0.310 e. The van der Waals surface area contributed by atoms with Crippen LogP contribution in [0.15, 0.2) is 4.79 Å². The summed E-state index contributed by atoms with van der Waals surface area (Å²) in [5.41, 5.74) is 5.29. The quantitative estimate of drug-likeness (QED) is 0.917. The van der Waals surface area contributed by atoms with Gasteiger partial charge in [-0.25, -0.2) is 4.98 Å². The fourth-order valence-electron chi connectivity index (χ4n) is 3.52. The number of fused-ring (bicyclic) bond motifs is 1. The van der Waals surface area contributed by atoms with Gasteiger partial charge in [0, 0.05) is 37.3 Å². The van der Waals surface area contributed by atoms with Crippen LogP contribution >= 0.6 is 0 Å². The molecule has 0 saturated heterocycles. The van der Waals surface area contributed by atoms with Crippen molar-refractivity contribution in [2.24, 2.45) is 0 Å². The van der Waals surface area contributed by atoms with Gasteiger partial charge in [-0.2, -0.15) is 5.10 Å². The van der Waals surface area contributed by atoms with Gasteiger partial charge < -0.3 is 4.98 Å². The molecular weight excluding hydrogens is 302 g/mol. The summed E-state index contributed by atoms with van der Waals surface area (Å²) >= 11 is 0. The zero-order chi connectivity index (χ0) is 17.6. The van der Waals surface area contributed by atoms with Gasteiger partial charge in [0.15, 0.2) is 0 Å².